The molecule has 0 saturated carbocycles. The van der Waals surface area contributed by atoms with Gasteiger partial charge in [-0.15, -0.1) is 10.2 Å². The van der Waals surface area contributed by atoms with Gasteiger partial charge in [-0.2, -0.15) is 14.8 Å². The lowest BCUT2D eigenvalue weighted by Crippen LogP contribution is -2.30. The number of fused-ring (bicyclic) bond motifs is 1. The van der Waals surface area contributed by atoms with Crippen LogP contribution in [0.15, 0.2) is 48.7 Å². The molecule has 158 valence electrons. The molecule has 0 fully saturated rings. The van der Waals surface area contributed by atoms with Crippen molar-refractivity contribution in [3.05, 3.63) is 65.5 Å². The molecule has 0 aliphatic heterocycles. The van der Waals surface area contributed by atoms with Gasteiger partial charge >= 0.3 is 7.12 Å². The Hall–Kier alpha value is -3.34. The highest BCUT2D eigenvalue weighted by Crippen LogP contribution is 2.22. The highest BCUT2D eigenvalue weighted by atomic mass is 16.5. The van der Waals surface area contributed by atoms with E-state index in [-0.39, 0.29) is 0 Å². The van der Waals surface area contributed by atoms with E-state index in [2.05, 4.69) is 25.6 Å². The van der Waals surface area contributed by atoms with Gasteiger partial charge in [0.15, 0.2) is 5.82 Å². The van der Waals surface area contributed by atoms with E-state index in [0.717, 1.165) is 27.7 Å². The molecule has 4 aromatic rings. The number of hydrogen-bond donors (Lipinski definition) is 3. The van der Waals surface area contributed by atoms with E-state index >= 15 is 0 Å². The van der Waals surface area contributed by atoms with Gasteiger partial charge < -0.3 is 20.1 Å². The predicted molar refractivity (Wildman–Crippen MR) is 118 cm³/mol. The number of nitrogens with zero attached hydrogens (tertiary/aromatic N) is 5. The molecule has 4 rings (SSSR count). The van der Waals surface area contributed by atoms with Crippen LogP contribution in [0.1, 0.15) is 23.7 Å². The van der Waals surface area contributed by atoms with Crippen LogP contribution in [-0.4, -0.2) is 49.2 Å². The lowest BCUT2D eigenvalue weighted by molar-refractivity contribution is 0.186. The summed E-state index contributed by atoms with van der Waals surface area (Å²) in [5.74, 6) is 0.975. The monoisotopic (exact) mass is 418 g/mol. The van der Waals surface area contributed by atoms with E-state index in [0.29, 0.717) is 36.8 Å². The number of aryl methyl sites for hydroxylation is 1. The Labute approximate surface area is 179 Å². The molecule has 3 N–H and O–H groups in total. The van der Waals surface area contributed by atoms with Crippen molar-refractivity contribution in [2.45, 2.75) is 26.5 Å². The fourth-order valence-electron chi connectivity index (χ4n) is 3.41. The second kappa shape index (κ2) is 9.21. The van der Waals surface area contributed by atoms with Gasteiger partial charge in [-0.25, -0.2) is 0 Å². The minimum Gasteiger partial charge on any atom is -0.423 e. The Balaban J connectivity index is 1.65. The third-order valence-corrected chi connectivity index (χ3v) is 4.98. The molecule has 2 aromatic heterocycles. The molecule has 9 nitrogen and oxygen atoms in total. The van der Waals surface area contributed by atoms with Crippen molar-refractivity contribution < 1.29 is 14.8 Å². The van der Waals surface area contributed by atoms with Crippen molar-refractivity contribution in [3.63, 3.8) is 0 Å². The number of benzene rings is 2. The Bertz CT molecular complexity index is 1200. The summed E-state index contributed by atoms with van der Waals surface area (Å²) < 4.78 is 6.94. The summed E-state index contributed by atoms with van der Waals surface area (Å²) in [7, 11) is 0.156. The first-order chi connectivity index (χ1) is 15.1. The van der Waals surface area contributed by atoms with Crippen LogP contribution in [0, 0.1) is 0 Å². The third-order valence-electron chi connectivity index (χ3n) is 4.98. The summed E-state index contributed by atoms with van der Waals surface area (Å²) in [6.45, 7) is 2.93. The van der Waals surface area contributed by atoms with Crippen LogP contribution < -0.4 is 10.8 Å². The van der Waals surface area contributed by atoms with Crippen LogP contribution in [0.4, 0.5) is 5.82 Å². The van der Waals surface area contributed by atoms with Crippen LogP contribution in [0.2, 0.25) is 0 Å². The van der Waals surface area contributed by atoms with Crippen molar-refractivity contribution in [1.82, 2.24) is 25.0 Å². The number of nitrogens with one attached hydrogen (secondary N) is 1. The third kappa shape index (κ3) is 4.41. The molecule has 10 heteroatoms. The second-order valence-electron chi connectivity index (χ2n) is 7.07. The zero-order chi connectivity index (χ0) is 21.8. The lowest BCUT2D eigenvalue weighted by atomic mass is 9.80. The van der Waals surface area contributed by atoms with E-state index in [9.17, 15) is 10.0 Å². The maximum absolute atomic E-state index is 9.38. The molecule has 0 saturated heterocycles. The zero-order valence-electron chi connectivity index (χ0n) is 17.4. The first-order valence-electron chi connectivity index (χ1n) is 9.98. The van der Waals surface area contributed by atoms with E-state index < -0.39 is 7.12 Å². The minimum absolute atomic E-state index is 0.365. The molecule has 0 spiro atoms. The largest absolute Gasteiger partial charge is 0.488 e. The first-order valence-corrected chi connectivity index (χ1v) is 9.98. The van der Waals surface area contributed by atoms with Gasteiger partial charge in [0.25, 0.3) is 5.95 Å². The SMILES string of the molecule is CCc1nnc(-n2ncc3c(COC)cccc32)nc1NCc1cccc(B(O)O)c1. The van der Waals surface area contributed by atoms with Crippen LogP contribution in [0.5, 0.6) is 0 Å². The standard InChI is InChI=1S/C21H23BN6O3/c1-3-18-20(23-11-14-6-4-8-16(10-14)22(29)30)25-21(27-26-18)28-19-9-5-7-15(13-31-2)17(19)12-24-28/h4-10,12,29-30H,3,11,13H2,1-2H3,(H,23,25,27). The average molecular weight is 418 g/mol. The van der Waals surface area contributed by atoms with Gasteiger partial charge in [0.1, 0.15) is 5.69 Å². The molecule has 0 aliphatic rings. The van der Waals surface area contributed by atoms with Crippen molar-refractivity contribution in [2.75, 3.05) is 12.4 Å². The summed E-state index contributed by atoms with van der Waals surface area (Å²) in [6, 6.07) is 13.0. The van der Waals surface area contributed by atoms with Gasteiger partial charge in [-0.3, -0.25) is 0 Å². The van der Waals surface area contributed by atoms with Crippen molar-refractivity contribution >= 4 is 29.3 Å². The van der Waals surface area contributed by atoms with Crippen LogP contribution in [-0.2, 0) is 24.3 Å². The predicted octanol–water partition coefficient (Wildman–Crippen LogP) is 1.21. The molecular weight excluding hydrogens is 395 g/mol. The second-order valence-corrected chi connectivity index (χ2v) is 7.07. The molecule has 0 aliphatic carbocycles. The fourth-order valence-corrected chi connectivity index (χ4v) is 3.41. The van der Waals surface area contributed by atoms with E-state index in [1.165, 1.54) is 0 Å². The lowest BCUT2D eigenvalue weighted by Gasteiger charge is -2.11. The van der Waals surface area contributed by atoms with Crippen molar-refractivity contribution in [3.8, 4) is 5.95 Å². The van der Waals surface area contributed by atoms with Crippen molar-refractivity contribution in [1.29, 1.82) is 0 Å². The van der Waals surface area contributed by atoms with Gasteiger partial charge in [0.05, 0.1) is 18.3 Å². The van der Waals surface area contributed by atoms with E-state index in [1.807, 2.05) is 31.2 Å². The quantitative estimate of drug-likeness (QED) is 0.366. The Morgan fingerprint density at radius 3 is 2.74 bits per heavy atom. The smallest absolute Gasteiger partial charge is 0.423 e. The summed E-state index contributed by atoms with van der Waals surface area (Å²) >= 11 is 0. The molecular formula is C21H23BN6O3. The average Bonchev–Trinajstić information content (AvgIpc) is 3.23. The molecule has 0 atom stereocenters. The number of aromatic nitrogens is 5. The molecule has 0 unspecified atom stereocenters. The topological polar surface area (TPSA) is 118 Å². The summed E-state index contributed by atoms with van der Waals surface area (Å²) in [6.07, 6.45) is 2.44. The van der Waals surface area contributed by atoms with Crippen LogP contribution in [0.25, 0.3) is 16.9 Å². The van der Waals surface area contributed by atoms with Gasteiger partial charge in [0.2, 0.25) is 0 Å². The first kappa shape index (κ1) is 20.9. The van der Waals surface area contributed by atoms with Crippen molar-refractivity contribution in [2.24, 2.45) is 0 Å². The highest BCUT2D eigenvalue weighted by molar-refractivity contribution is 6.58. The van der Waals surface area contributed by atoms with Crippen LogP contribution in [0.3, 0.4) is 0 Å². The summed E-state index contributed by atoms with van der Waals surface area (Å²) in [5, 5.41) is 36.1. The molecule has 2 heterocycles. The van der Waals surface area contributed by atoms with E-state index in [4.69, 9.17) is 4.74 Å². The summed E-state index contributed by atoms with van der Waals surface area (Å²) in [5.41, 5.74) is 3.97. The minimum atomic E-state index is -1.51. The molecule has 0 amide bonds. The summed E-state index contributed by atoms with van der Waals surface area (Å²) in [4.78, 5) is 4.67. The number of anilines is 1. The van der Waals surface area contributed by atoms with Gasteiger partial charge in [-0.1, -0.05) is 43.3 Å². The van der Waals surface area contributed by atoms with E-state index in [1.54, 1.807) is 36.2 Å². The highest BCUT2D eigenvalue weighted by Gasteiger charge is 2.15. The Morgan fingerprint density at radius 1 is 1.13 bits per heavy atom. The zero-order valence-corrected chi connectivity index (χ0v) is 17.4. The maximum Gasteiger partial charge on any atom is 0.488 e. The fraction of sp³-hybridized carbons (Fsp3) is 0.238. The molecule has 31 heavy (non-hydrogen) atoms. The Kier molecular flexibility index (Phi) is 6.22. The molecule has 0 bridgehead atoms. The number of hydrogen-bond acceptors (Lipinski definition) is 8. The normalized spacial score (nSPS) is 11.1. The molecule has 2 aromatic carbocycles. The maximum atomic E-state index is 9.38. The van der Waals surface area contributed by atoms with Crippen LogP contribution >= 0.6 is 0 Å². The Morgan fingerprint density at radius 2 is 1.97 bits per heavy atom. The van der Waals surface area contributed by atoms with Gasteiger partial charge in [0, 0.05) is 19.0 Å². The number of ether oxygens (including phenoxy) is 1. The number of methoxy groups -OCH3 is 1. The molecule has 0 radical (unpaired) electrons. The van der Waals surface area contributed by atoms with Gasteiger partial charge in [-0.05, 0) is 29.1 Å². The number of rotatable bonds is 8.